The molecule has 2 aliphatic heterocycles. The molecule has 1 N–H and O–H groups in total. The summed E-state index contributed by atoms with van der Waals surface area (Å²) in [5, 5.41) is 2.82. The Labute approximate surface area is 175 Å². The zero-order valence-corrected chi connectivity index (χ0v) is 17.2. The van der Waals surface area contributed by atoms with Gasteiger partial charge in [-0.1, -0.05) is 24.3 Å². The van der Waals surface area contributed by atoms with Crippen LogP contribution in [0.15, 0.2) is 65.6 Å². The first-order valence-electron chi connectivity index (χ1n) is 9.78. The Morgan fingerprint density at radius 2 is 1.80 bits per heavy atom. The van der Waals surface area contributed by atoms with E-state index >= 15 is 0 Å². The first kappa shape index (κ1) is 18.7. The van der Waals surface area contributed by atoms with E-state index in [2.05, 4.69) is 5.32 Å². The molecule has 0 saturated heterocycles. The number of nitrogens with one attached hydrogen (secondary N) is 1. The topological polar surface area (TPSA) is 75.7 Å². The number of hydrogen-bond donors (Lipinski definition) is 1. The number of rotatable bonds is 2. The molecule has 0 unspecified atom stereocenters. The summed E-state index contributed by atoms with van der Waals surface area (Å²) in [6.07, 6.45) is 1.60. The maximum Gasteiger partial charge on any atom is 0.264 e. The maximum atomic E-state index is 13.4. The number of carbonyl (C=O) groups is 1. The molecule has 3 aromatic carbocycles. The third-order valence-corrected chi connectivity index (χ3v) is 7.26. The Kier molecular flexibility index (Phi) is 4.29. The molecule has 0 bridgehead atoms. The maximum absolute atomic E-state index is 13.4. The van der Waals surface area contributed by atoms with Crippen LogP contribution in [0.2, 0.25) is 0 Å². The lowest BCUT2D eigenvalue weighted by molar-refractivity contribution is 0.102. The molecule has 0 spiro atoms. The van der Waals surface area contributed by atoms with Gasteiger partial charge < -0.3 is 10.1 Å². The number of anilines is 2. The van der Waals surface area contributed by atoms with Crippen LogP contribution in [0.1, 0.15) is 27.9 Å². The summed E-state index contributed by atoms with van der Waals surface area (Å²) in [6.45, 7) is 2.33. The molecule has 0 fully saturated rings. The van der Waals surface area contributed by atoms with Gasteiger partial charge in [0.25, 0.3) is 15.9 Å². The molecule has 3 aromatic rings. The van der Waals surface area contributed by atoms with E-state index < -0.39 is 15.9 Å². The van der Waals surface area contributed by atoms with Gasteiger partial charge in [0.05, 0.1) is 21.8 Å². The lowest BCUT2D eigenvalue weighted by atomic mass is 10.0. The van der Waals surface area contributed by atoms with Gasteiger partial charge in [0, 0.05) is 6.54 Å². The second-order valence-corrected chi connectivity index (χ2v) is 9.39. The highest BCUT2D eigenvalue weighted by Gasteiger charge is 2.31. The average Bonchev–Trinajstić information content (AvgIpc) is 2.88. The second kappa shape index (κ2) is 6.88. The van der Waals surface area contributed by atoms with Crippen LogP contribution >= 0.6 is 0 Å². The number of fused-ring (bicyclic) bond motifs is 3. The van der Waals surface area contributed by atoms with E-state index in [4.69, 9.17) is 4.74 Å². The summed E-state index contributed by atoms with van der Waals surface area (Å²) >= 11 is 0. The van der Waals surface area contributed by atoms with Crippen LogP contribution in [0, 0.1) is 6.92 Å². The Morgan fingerprint density at radius 1 is 1.00 bits per heavy atom. The number of aryl methyl sites for hydroxylation is 2. The van der Waals surface area contributed by atoms with Crippen LogP contribution in [0.3, 0.4) is 0 Å². The fourth-order valence-electron chi connectivity index (χ4n) is 3.95. The molecule has 2 heterocycles. The van der Waals surface area contributed by atoms with Gasteiger partial charge >= 0.3 is 0 Å². The van der Waals surface area contributed by atoms with Gasteiger partial charge in [-0.25, -0.2) is 8.42 Å². The molecule has 0 saturated carbocycles. The molecule has 0 aromatic heterocycles. The first-order valence-corrected chi connectivity index (χ1v) is 11.2. The van der Waals surface area contributed by atoms with Crippen LogP contribution < -0.4 is 14.4 Å². The summed E-state index contributed by atoms with van der Waals surface area (Å²) in [7, 11) is -3.82. The molecule has 5 rings (SSSR count). The minimum atomic E-state index is -3.82. The zero-order chi connectivity index (χ0) is 20.9. The fourth-order valence-corrected chi connectivity index (χ4v) is 5.52. The highest BCUT2D eigenvalue weighted by Crippen LogP contribution is 2.38. The van der Waals surface area contributed by atoms with Crippen LogP contribution in [0.5, 0.6) is 11.5 Å². The third kappa shape index (κ3) is 3.02. The van der Waals surface area contributed by atoms with E-state index in [-0.39, 0.29) is 10.5 Å². The number of benzene rings is 3. The van der Waals surface area contributed by atoms with Gasteiger partial charge in [-0.15, -0.1) is 0 Å². The van der Waals surface area contributed by atoms with E-state index in [1.54, 1.807) is 12.1 Å². The predicted molar refractivity (Wildman–Crippen MR) is 115 cm³/mol. The van der Waals surface area contributed by atoms with Crippen LogP contribution in [0.25, 0.3) is 0 Å². The molecule has 7 heteroatoms. The summed E-state index contributed by atoms with van der Waals surface area (Å²) < 4.78 is 34.2. The van der Waals surface area contributed by atoms with E-state index in [1.807, 2.05) is 43.3 Å². The van der Waals surface area contributed by atoms with Crippen LogP contribution in [-0.2, 0) is 16.4 Å². The average molecular weight is 420 g/mol. The second-order valence-electron chi connectivity index (χ2n) is 7.52. The van der Waals surface area contributed by atoms with Gasteiger partial charge in [-0.2, -0.15) is 0 Å². The van der Waals surface area contributed by atoms with Crippen molar-refractivity contribution < 1.29 is 17.9 Å². The molecule has 0 atom stereocenters. The van der Waals surface area contributed by atoms with E-state index in [0.29, 0.717) is 29.4 Å². The number of para-hydroxylation sites is 1. The van der Waals surface area contributed by atoms with Crippen molar-refractivity contribution in [2.75, 3.05) is 16.2 Å². The van der Waals surface area contributed by atoms with Gasteiger partial charge in [-0.3, -0.25) is 9.10 Å². The zero-order valence-electron chi connectivity index (χ0n) is 16.4. The summed E-state index contributed by atoms with van der Waals surface area (Å²) in [5.74, 6) is 0.451. The molecule has 6 nitrogen and oxygen atoms in total. The van der Waals surface area contributed by atoms with Crippen molar-refractivity contribution in [2.45, 2.75) is 24.7 Å². The molecule has 2 aliphatic rings. The van der Waals surface area contributed by atoms with Gasteiger partial charge in [0.1, 0.15) is 5.75 Å². The predicted octanol–water partition coefficient (Wildman–Crippen LogP) is 4.49. The van der Waals surface area contributed by atoms with Crippen molar-refractivity contribution in [3.8, 4) is 11.5 Å². The normalized spacial score (nSPS) is 15.2. The lowest BCUT2D eigenvalue weighted by Crippen LogP contribution is -2.35. The van der Waals surface area contributed by atoms with Crippen LogP contribution in [-0.4, -0.2) is 20.9 Å². The Morgan fingerprint density at radius 3 is 2.67 bits per heavy atom. The molecule has 0 radical (unpaired) electrons. The van der Waals surface area contributed by atoms with E-state index in [0.717, 1.165) is 24.0 Å². The SMILES string of the molecule is Cc1ccc2c(c1)NC(=O)c1cc(S(=O)(=O)N3CCCc4ccccc43)ccc1O2. The Balaban J connectivity index is 1.56. The molecular formula is C23H20N2O4S. The monoisotopic (exact) mass is 420 g/mol. The number of amides is 1. The number of hydrogen-bond acceptors (Lipinski definition) is 4. The summed E-state index contributed by atoms with van der Waals surface area (Å²) in [5.41, 5.74) is 3.44. The molecule has 0 aliphatic carbocycles. The van der Waals surface area contributed by atoms with Crippen molar-refractivity contribution in [3.05, 3.63) is 77.4 Å². The van der Waals surface area contributed by atoms with Crippen molar-refractivity contribution in [1.29, 1.82) is 0 Å². The smallest absolute Gasteiger partial charge is 0.264 e. The summed E-state index contributed by atoms with van der Waals surface area (Å²) in [6, 6.07) is 17.5. The quantitative estimate of drug-likeness (QED) is 0.663. The first-order chi connectivity index (χ1) is 14.4. The third-order valence-electron chi connectivity index (χ3n) is 5.45. The molecule has 30 heavy (non-hydrogen) atoms. The number of nitrogens with zero attached hydrogens (tertiary/aromatic N) is 1. The Hall–Kier alpha value is -3.32. The molecule has 1 amide bonds. The standard InChI is InChI=1S/C23H20N2O4S/c1-15-8-10-22-19(13-15)24-23(26)18-14-17(9-11-21(18)29-22)30(27,28)25-12-4-6-16-5-2-3-7-20(16)25/h2-3,5,7-11,13-14H,4,6,12H2,1H3,(H,24,26). The molecular weight excluding hydrogens is 400 g/mol. The minimum absolute atomic E-state index is 0.0684. The lowest BCUT2D eigenvalue weighted by Gasteiger charge is -2.30. The van der Waals surface area contributed by atoms with Crippen molar-refractivity contribution in [2.24, 2.45) is 0 Å². The summed E-state index contributed by atoms with van der Waals surface area (Å²) in [4.78, 5) is 12.9. The highest BCUT2D eigenvalue weighted by atomic mass is 32.2. The largest absolute Gasteiger partial charge is 0.454 e. The number of ether oxygens (including phenoxy) is 1. The van der Waals surface area contributed by atoms with E-state index in [1.165, 1.54) is 16.4 Å². The van der Waals surface area contributed by atoms with Crippen molar-refractivity contribution in [3.63, 3.8) is 0 Å². The van der Waals surface area contributed by atoms with Gasteiger partial charge in [0.15, 0.2) is 5.75 Å². The Bertz CT molecular complexity index is 1280. The highest BCUT2D eigenvalue weighted by molar-refractivity contribution is 7.92. The van der Waals surface area contributed by atoms with E-state index in [9.17, 15) is 13.2 Å². The number of carbonyl (C=O) groups excluding carboxylic acids is 1. The molecule has 152 valence electrons. The van der Waals surface area contributed by atoms with Gasteiger partial charge in [0.2, 0.25) is 0 Å². The number of sulfonamides is 1. The van der Waals surface area contributed by atoms with Crippen LogP contribution in [0.4, 0.5) is 11.4 Å². The van der Waals surface area contributed by atoms with Crippen molar-refractivity contribution >= 4 is 27.3 Å². The van der Waals surface area contributed by atoms with Crippen molar-refractivity contribution in [1.82, 2.24) is 0 Å². The minimum Gasteiger partial charge on any atom is -0.454 e. The van der Waals surface area contributed by atoms with Gasteiger partial charge in [-0.05, 0) is 67.3 Å². The fraction of sp³-hybridized carbons (Fsp3) is 0.174.